The third kappa shape index (κ3) is 12.0. The van der Waals surface area contributed by atoms with E-state index < -0.39 is 25.5 Å². The summed E-state index contributed by atoms with van der Waals surface area (Å²) in [6.45, 7) is 8.27. The summed E-state index contributed by atoms with van der Waals surface area (Å²) < 4.78 is 32.4. The van der Waals surface area contributed by atoms with Crippen LogP contribution in [0.3, 0.4) is 0 Å². The Kier molecular flexibility index (Phi) is 15.0. The van der Waals surface area contributed by atoms with E-state index in [1.165, 1.54) is 0 Å². The summed E-state index contributed by atoms with van der Waals surface area (Å²) in [6.07, 6.45) is 1.17. The Morgan fingerprint density at radius 3 is 1.67 bits per heavy atom. The molecule has 0 aromatic heterocycles. The minimum Gasteiger partial charge on any atom is -0.497 e. The number of ether oxygens (including phenoxy) is 1. The fourth-order valence-electron chi connectivity index (χ4n) is 5.04. The molecule has 3 aromatic carbocycles. The first kappa shape index (κ1) is 37.0. The van der Waals surface area contributed by atoms with Gasteiger partial charge in [0.1, 0.15) is 17.6 Å². The molecular weight excluding hydrogens is 601 g/mol. The van der Waals surface area contributed by atoms with E-state index in [9.17, 15) is 14.2 Å². The highest BCUT2D eigenvalue weighted by molar-refractivity contribution is 7.54. The number of benzene rings is 3. The van der Waals surface area contributed by atoms with Crippen LogP contribution in [0.5, 0.6) is 5.75 Å². The minimum absolute atomic E-state index is 0.0881. The summed E-state index contributed by atoms with van der Waals surface area (Å²) in [6, 6.07) is 24.8. The Labute approximate surface area is 274 Å². The fraction of sp³-hybridized carbons (Fsp3) is 0.444. The first-order valence-corrected chi connectivity index (χ1v) is 17.5. The zero-order valence-corrected chi connectivity index (χ0v) is 28.8. The Morgan fingerprint density at radius 2 is 1.22 bits per heavy atom. The molecule has 0 aliphatic carbocycles. The molecule has 0 radical (unpaired) electrons. The molecule has 0 aliphatic rings. The summed E-state index contributed by atoms with van der Waals surface area (Å²) >= 11 is 0. The smallest absolute Gasteiger partial charge is 0.348 e. The number of carbonyl (C=O) groups is 2. The number of methoxy groups -OCH3 is 1. The Hall–Kier alpha value is -3.49. The summed E-state index contributed by atoms with van der Waals surface area (Å²) in [4.78, 5) is 26.9. The lowest BCUT2D eigenvalue weighted by Gasteiger charge is -2.33. The summed E-state index contributed by atoms with van der Waals surface area (Å²) in [5, 5.41) is 9.02. The lowest BCUT2D eigenvalue weighted by molar-refractivity contribution is -0.130. The molecule has 0 unspecified atom stereocenters. The van der Waals surface area contributed by atoms with E-state index in [4.69, 9.17) is 13.8 Å². The van der Waals surface area contributed by atoms with Gasteiger partial charge in [-0.3, -0.25) is 19.5 Å². The predicted molar refractivity (Wildman–Crippen MR) is 182 cm³/mol. The van der Waals surface area contributed by atoms with Gasteiger partial charge in [0.05, 0.1) is 26.4 Å². The van der Waals surface area contributed by atoms with Crippen LogP contribution in [0.1, 0.15) is 57.2 Å². The first-order valence-electron chi connectivity index (χ1n) is 15.9. The van der Waals surface area contributed by atoms with Crippen LogP contribution in [0, 0.1) is 11.8 Å². The Balaban J connectivity index is 1.89. The van der Waals surface area contributed by atoms with E-state index >= 15 is 0 Å². The van der Waals surface area contributed by atoms with E-state index in [1.807, 2.05) is 113 Å². The van der Waals surface area contributed by atoms with Crippen LogP contribution in [0.4, 0.5) is 0 Å². The standard InChI is InChI=1S/C36H50N3O6P/c1-26(2)21-32(36(41)39-33(35(40)37-5)23-28-17-19-31(43-6)20-18-28)38-34(22-27(3)4)46(42,44-24-29-13-9-7-10-14-29)45-25-30-15-11-8-12-16-30/h7-20,26-27,32-34,38H,21-25H2,1-6H3,(H,37,40)(H,39,41)/t32-,33-,34+/m0/s1. The van der Waals surface area contributed by atoms with Crippen molar-refractivity contribution in [1.29, 1.82) is 0 Å². The van der Waals surface area contributed by atoms with E-state index in [0.717, 1.165) is 16.7 Å². The van der Waals surface area contributed by atoms with Crippen LogP contribution in [0.2, 0.25) is 0 Å². The number of rotatable bonds is 19. The van der Waals surface area contributed by atoms with Crippen molar-refractivity contribution in [3.63, 3.8) is 0 Å². The molecule has 0 fully saturated rings. The maximum absolute atomic E-state index is 14.8. The molecule has 0 heterocycles. The molecule has 0 saturated carbocycles. The van der Waals surface area contributed by atoms with Gasteiger partial charge in [0.25, 0.3) is 0 Å². The molecular formula is C36H50N3O6P. The van der Waals surface area contributed by atoms with Crippen molar-refractivity contribution >= 4 is 19.4 Å². The van der Waals surface area contributed by atoms with Gasteiger partial charge in [-0.05, 0) is 53.5 Å². The number of amides is 2. The van der Waals surface area contributed by atoms with Crippen molar-refractivity contribution in [2.75, 3.05) is 14.2 Å². The largest absolute Gasteiger partial charge is 0.497 e. The van der Waals surface area contributed by atoms with Crippen LogP contribution in [-0.4, -0.2) is 43.8 Å². The zero-order valence-electron chi connectivity index (χ0n) is 27.9. The van der Waals surface area contributed by atoms with Gasteiger partial charge in [-0.25, -0.2) is 0 Å². The van der Waals surface area contributed by atoms with Crippen molar-refractivity contribution in [2.24, 2.45) is 11.8 Å². The SMILES string of the molecule is CNC(=O)[C@H](Cc1ccc(OC)cc1)NC(=O)[C@H](CC(C)C)N[C@@H](CC(C)C)P(=O)(OCc1ccccc1)OCc1ccccc1. The maximum atomic E-state index is 14.8. The van der Waals surface area contributed by atoms with Gasteiger partial charge >= 0.3 is 7.60 Å². The van der Waals surface area contributed by atoms with Crippen molar-refractivity contribution in [3.05, 3.63) is 102 Å². The third-order valence-electron chi connectivity index (χ3n) is 7.48. The Bertz CT molecular complexity index is 1340. The highest BCUT2D eigenvalue weighted by atomic mass is 31.2. The van der Waals surface area contributed by atoms with Crippen LogP contribution >= 0.6 is 7.60 Å². The van der Waals surface area contributed by atoms with E-state index in [0.29, 0.717) is 18.6 Å². The summed E-state index contributed by atoms with van der Waals surface area (Å²) in [5.41, 5.74) is 2.59. The fourth-order valence-corrected chi connectivity index (χ4v) is 7.17. The molecule has 46 heavy (non-hydrogen) atoms. The molecule has 10 heteroatoms. The molecule has 250 valence electrons. The molecule has 9 nitrogen and oxygen atoms in total. The number of carbonyl (C=O) groups excluding carboxylic acids is 2. The van der Waals surface area contributed by atoms with Crippen molar-refractivity contribution in [3.8, 4) is 5.75 Å². The summed E-state index contributed by atoms with van der Waals surface area (Å²) in [5.74, 6) is -0.512. The molecule has 3 atom stereocenters. The van der Waals surface area contributed by atoms with Crippen molar-refractivity contribution in [1.82, 2.24) is 16.0 Å². The minimum atomic E-state index is -3.86. The second-order valence-corrected chi connectivity index (χ2v) is 14.5. The number of likely N-dealkylation sites (N-methyl/N-ethyl adjacent to an activating group) is 1. The van der Waals surface area contributed by atoms with Crippen LogP contribution < -0.4 is 20.7 Å². The number of nitrogens with one attached hydrogen (secondary N) is 3. The van der Waals surface area contributed by atoms with Gasteiger partial charge in [0.2, 0.25) is 11.8 Å². The molecule has 3 rings (SSSR count). The van der Waals surface area contributed by atoms with Gasteiger partial charge in [-0.15, -0.1) is 0 Å². The van der Waals surface area contributed by atoms with Gasteiger partial charge in [-0.1, -0.05) is 100 Å². The van der Waals surface area contributed by atoms with Crippen LogP contribution in [-0.2, 0) is 42.8 Å². The van der Waals surface area contributed by atoms with E-state index in [1.54, 1.807) is 14.2 Å². The quantitative estimate of drug-likeness (QED) is 0.127. The molecule has 0 spiro atoms. The number of hydrogen-bond acceptors (Lipinski definition) is 7. The zero-order chi connectivity index (χ0) is 33.5. The molecule has 0 saturated heterocycles. The van der Waals surface area contributed by atoms with Crippen LogP contribution in [0.25, 0.3) is 0 Å². The van der Waals surface area contributed by atoms with Crippen LogP contribution in [0.15, 0.2) is 84.9 Å². The van der Waals surface area contributed by atoms with Crippen molar-refractivity contribution in [2.45, 2.75) is 78.0 Å². The van der Waals surface area contributed by atoms with Gasteiger partial charge in [-0.2, -0.15) is 0 Å². The first-order chi connectivity index (χ1) is 22.0. The van der Waals surface area contributed by atoms with Crippen molar-refractivity contribution < 1.29 is 27.9 Å². The summed E-state index contributed by atoms with van der Waals surface area (Å²) in [7, 11) is -0.719. The lowest BCUT2D eigenvalue weighted by atomic mass is 10.0. The third-order valence-corrected chi connectivity index (χ3v) is 9.58. The second kappa shape index (κ2) is 18.6. The number of hydrogen-bond donors (Lipinski definition) is 3. The molecule has 2 amide bonds. The molecule has 0 aliphatic heterocycles. The van der Waals surface area contributed by atoms with Gasteiger partial charge < -0.3 is 24.4 Å². The monoisotopic (exact) mass is 651 g/mol. The topological polar surface area (TPSA) is 115 Å². The molecule has 3 N–H and O–H groups in total. The maximum Gasteiger partial charge on any atom is 0.348 e. The lowest BCUT2D eigenvalue weighted by Crippen LogP contribution is -2.55. The highest BCUT2D eigenvalue weighted by Gasteiger charge is 2.40. The van der Waals surface area contributed by atoms with Gasteiger partial charge in [0, 0.05) is 13.5 Å². The molecule has 3 aromatic rings. The highest BCUT2D eigenvalue weighted by Crippen LogP contribution is 2.55. The molecule has 0 bridgehead atoms. The van der Waals surface area contributed by atoms with E-state index in [-0.39, 0.29) is 43.3 Å². The average Bonchev–Trinajstić information content (AvgIpc) is 3.06. The van der Waals surface area contributed by atoms with E-state index in [2.05, 4.69) is 16.0 Å². The average molecular weight is 652 g/mol. The predicted octanol–water partition coefficient (Wildman–Crippen LogP) is 6.47. The normalized spacial score (nSPS) is 13.7. The van der Waals surface area contributed by atoms with Gasteiger partial charge in [0.15, 0.2) is 0 Å². The Morgan fingerprint density at radius 1 is 0.696 bits per heavy atom. The second-order valence-electron chi connectivity index (χ2n) is 12.3.